The average Bonchev–Trinajstić information content (AvgIpc) is 2.25. The zero-order valence-corrected chi connectivity index (χ0v) is 13.6. The van der Waals surface area contributed by atoms with Crippen molar-refractivity contribution in [3.05, 3.63) is 33.3 Å². The third kappa shape index (κ3) is 4.22. The van der Waals surface area contributed by atoms with Gasteiger partial charge in [0.15, 0.2) is 0 Å². The summed E-state index contributed by atoms with van der Waals surface area (Å²) in [6, 6.07) is 5.57. The summed E-state index contributed by atoms with van der Waals surface area (Å²) in [5, 5.41) is 3.71. The van der Waals surface area contributed by atoms with E-state index >= 15 is 0 Å². The summed E-state index contributed by atoms with van der Waals surface area (Å²) in [5.41, 5.74) is 0.616. The summed E-state index contributed by atoms with van der Waals surface area (Å²) >= 11 is 9.33. The van der Waals surface area contributed by atoms with Gasteiger partial charge < -0.3 is 5.32 Å². The largest absolute Gasteiger partial charge is 0.349 e. The van der Waals surface area contributed by atoms with E-state index in [1.165, 1.54) is 6.42 Å². The van der Waals surface area contributed by atoms with Gasteiger partial charge in [-0.2, -0.15) is 0 Å². The van der Waals surface area contributed by atoms with Gasteiger partial charge in [-0.05, 0) is 49.3 Å². The first kappa shape index (κ1) is 14.9. The molecule has 2 nitrogen and oxygen atoms in total. The lowest BCUT2D eigenvalue weighted by molar-refractivity contribution is 0.0911. The van der Waals surface area contributed by atoms with E-state index in [0.717, 1.165) is 17.3 Å². The van der Waals surface area contributed by atoms with Crippen molar-refractivity contribution in [1.82, 2.24) is 5.32 Å². The molecule has 1 N–H and O–H groups in total. The van der Waals surface area contributed by atoms with Gasteiger partial charge in [-0.3, -0.25) is 4.79 Å². The molecule has 1 aliphatic carbocycles. The van der Waals surface area contributed by atoms with Crippen LogP contribution in [0, 0.1) is 11.8 Å². The molecule has 0 aliphatic heterocycles. The van der Waals surface area contributed by atoms with Crippen molar-refractivity contribution >= 4 is 33.4 Å². The Labute approximate surface area is 128 Å². The molecule has 0 heterocycles. The molecule has 0 saturated heterocycles. The summed E-state index contributed by atoms with van der Waals surface area (Å²) < 4.78 is 0.829. The standard InChI is InChI=1S/C15H19BrClNO/c1-9-3-10(2)5-14(4-9)18-15(19)11-6-12(16)8-13(17)7-11/h6-10,14H,3-5H2,1-2H3,(H,18,19). The number of amides is 1. The van der Waals surface area contributed by atoms with E-state index in [1.54, 1.807) is 18.2 Å². The van der Waals surface area contributed by atoms with Gasteiger partial charge in [0, 0.05) is 21.1 Å². The third-order valence-corrected chi connectivity index (χ3v) is 4.31. The van der Waals surface area contributed by atoms with E-state index in [1.807, 2.05) is 0 Å². The number of hydrogen-bond acceptors (Lipinski definition) is 1. The van der Waals surface area contributed by atoms with Crippen LogP contribution in [0.2, 0.25) is 5.02 Å². The van der Waals surface area contributed by atoms with Crippen LogP contribution in [0.3, 0.4) is 0 Å². The second-order valence-corrected chi connectivity index (χ2v) is 7.10. The Kier molecular flexibility index (Phi) is 4.91. The minimum absolute atomic E-state index is 0.0329. The van der Waals surface area contributed by atoms with Crippen LogP contribution in [0.15, 0.2) is 22.7 Å². The SMILES string of the molecule is CC1CC(C)CC(NC(=O)c2cc(Cl)cc(Br)c2)C1. The lowest BCUT2D eigenvalue weighted by Crippen LogP contribution is -2.40. The fraction of sp³-hybridized carbons (Fsp3) is 0.533. The summed E-state index contributed by atoms with van der Waals surface area (Å²) in [6.07, 6.45) is 3.39. The zero-order valence-electron chi connectivity index (χ0n) is 11.2. The Hall–Kier alpha value is -0.540. The van der Waals surface area contributed by atoms with Gasteiger partial charge in [0.05, 0.1) is 0 Å². The summed E-state index contributed by atoms with van der Waals surface area (Å²) in [6.45, 7) is 4.51. The van der Waals surface area contributed by atoms with Crippen molar-refractivity contribution in [2.45, 2.75) is 39.2 Å². The first-order chi connectivity index (χ1) is 8.94. The maximum Gasteiger partial charge on any atom is 0.251 e. The number of carbonyl (C=O) groups excluding carboxylic acids is 1. The summed E-state index contributed by atoms with van der Waals surface area (Å²) in [4.78, 5) is 12.2. The number of hydrogen-bond donors (Lipinski definition) is 1. The molecular weight excluding hydrogens is 326 g/mol. The van der Waals surface area contributed by atoms with Crippen molar-refractivity contribution in [1.29, 1.82) is 0 Å². The quantitative estimate of drug-likeness (QED) is 0.831. The predicted octanol–water partition coefficient (Wildman–Crippen LogP) is 4.66. The molecule has 0 radical (unpaired) electrons. The van der Waals surface area contributed by atoms with Crippen molar-refractivity contribution in [3.63, 3.8) is 0 Å². The van der Waals surface area contributed by atoms with Crippen LogP contribution in [-0.4, -0.2) is 11.9 Å². The monoisotopic (exact) mass is 343 g/mol. The molecule has 2 unspecified atom stereocenters. The Balaban J connectivity index is 2.04. The first-order valence-corrected chi connectivity index (χ1v) is 7.88. The average molecular weight is 345 g/mol. The molecule has 1 aromatic rings. The van der Waals surface area contributed by atoms with Gasteiger partial charge in [-0.15, -0.1) is 0 Å². The van der Waals surface area contributed by atoms with Crippen molar-refractivity contribution in [3.8, 4) is 0 Å². The molecule has 0 spiro atoms. The van der Waals surface area contributed by atoms with Crippen LogP contribution in [0.25, 0.3) is 0 Å². The number of carbonyl (C=O) groups is 1. The predicted molar refractivity (Wildman–Crippen MR) is 82.6 cm³/mol. The Morgan fingerprint density at radius 1 is 1.21 bits per heavy atom. The van der Waals surface area contributed by atoms with E-state index in [-0.39, 0.29) is 11.9 Å². The van der Waals surface area contributed by atoms with Crippen LogP contribution in [0.4, 0.5) is 0 Å². The van der Waals surface area contributed by atoms with E-state index in [4.69, 9.17) is 11.6 Å². The highest BCUT2D eigenvalue weighted by Gasteiger charge is 2.25. The van der Waals surface area contributed by atoms with Crippen molar-refractivity contribution < 1.29 is 4.79 Å². The molecule has 104 valence electrons. The van der Waals surface area contributed by atoms with Crippen molar-refractivity contribution in [2.24, 2.45) is 11.8 Å². The lowest BCUT2D eigenvalue weighted by Gasteiger charge is -2.32. The van der Waals surface area contributed by atoms with Gasteiger partial charge >= 0.3 is 0 Å². The second kappa shape index (κ2) is 6.27. The normalized spacial score (nSPS) is 27.1. The van der Waals surface area contributed by atoms with Crippen LogP contribution in [-0.2, 0) is 0 Å². The second-order valence-electron chi connectivity index (χ2n) is 5.75. The molecule has 1 amide bonds. The molecule has 2 atom stereocenters. The highest BCUT2D eigenvalue weighted by atomic mass is 79.9. The van der Waals surface area contributed by atoms with E-state index in [9.17, 15) is 4.79 Å². The number of benzene rings is 1. The lowest BCUT2D eigenvalue weighted by atomic mass is 9.80. The fourth-order valence-corrected chi connectivity index (χ4v) is 3.88. The smallest absolute Gasteiger partial charge is 0.251 e. The highest BCUT2D eigenvalue weighted by Crippen LogP contribution is 2.29. The molecular formula is C15H19BrClNO. The van der Waals surface area contributed by atoms with Crippen LogP contribution in [0.5, 0.6) is 0 Å². The Bertz CT molecular complexity index is 447. The summed E-state index contributed by atoms with van der Waals surface area (Å²) in [7, 11) is 0. The zero-order chi connectivity index (χ0) is 14.0. The minimum Gasteiger partial charge on any atom is -0.349 e. The van der Waals surface area contributed by atoms with Gasteiger partial charge in [0.2, 0.25) is 0 Å². The Morgan fingerprint density at radius 2 is 1.84 bits per heavy atom. The molecule has 1 fully saturated rings. The van der Waals surface area contributed by atoms with Gasteiger partial charge in [0.1, 0.15) is 0 Å². The number of halogens is 2. The van der Waals surface area contributed by atoms with E-state index < -0.39 is 0 Å². The molecule has 2 rings (SSSR count). The highest BCUT2D eigenvalue weighted by molar-refractivity contribution is 9.10. The van der Waals surface area contributed by atoms with Gasteiger partial charge in [0.25, 0.3) is 5.91 Å². The molecule has 4 heteroatoms. The van der Waals surface area contributed by atoms with Gasteiger partial charge in [-0.1, -0.05) is 41.4 Å². The molecule has 1 aromatic carbocycles. The first-order valence-electron chi connectivity index (χ1n) is 6.71. The van der Waals surface area contributed by atoms with Gasteiger partial charge in [-0.25, -0.2) is 0 Å². The third-order valence-electron chi connectivity index (χ3n) is 3.64. The van der Waals surface area contributed by atoms with Crippen molar-refractivity contribution in [2.75, 3.05) is 0 Å². The van der Waals surface area contributed by atoms with Crippen LogP contribution >= 0.6 is 27.5 Å². The maximum absolute atomic E-state index is 12.2. The molecule has 19 heavy (non-hydrogen) atoms. The van der Waals surface area contributed by atoms with E-state index in [0.29, 0.717) is 22.4 Å². The fourth-order valence-electron chi connectivity index (χ4n) is 3.02. The summed E-state index contributed by atoms with van der Waals surface area (Å²) in [5.74, 6) is 1.33. The molecule has 0 aromatic heterocycles. The van der Waals surface area contributed by atoms with E-state index in [2.05, 4.69) is 35.1 Å². The molecule has 1 aliphatic rings. The molecule has 0 bridgehead atoms. The molecule has 1 saturated carbocycles. The maximum atomic E-state index is 12.2. The minimum atomic E-state index is -0.0329. The number of rotatable bonds is 2. The number of nitrogens with one attached hydrogen (secondary N) is 1. The topological polar surface area (TPSA) is 29.1 Å². The van der Waals surface area contributed by atoms with Crippen LogP contribution < -0.4 is 5.32 Å². The Morgan fingerprint density at radius 3 is 2.42 bits per heavy atom. The van der Waals surface area contributed by atoms with Crippen LogP contribution in [0.1, 0.15) is 43.5 Å².